The van der Waals surface area contributed by atoms with E-state index in [9.17, 15) is 4.79 Å². The standard InChI is InChI=1S/C7H9NO/c1-5-6-3-2-4-8(6)7(5)9/h2,4-6H,3H2,1H3/t5?,6-/m1/s1. The summed E-state index contributed by atoms with van der Waals surface area (Å²) >= 11 is 0. The van der Waals surface area contributed by atoms with Crippen molar-refractivity contribution >= 4 is 5.91 Å². The lowest BCUT2D eigenvalue weighted by atomic mass is 9.90. The summed E-state index contributed by atoms with van der Waals surface area (Å²) in [5.74, 6) is 0.564. The third kappa shape index (κ3) is 0.435. The lowest BCUT2D eigenvalue weighted by molar-refractivity contribution is -0.147. The van der Waals surface area contributed by atoms with E-state index < -0.39 is 0 Å². The molecule has 0 bridgehead atoms. The van der Waals surface area contributed by atoms with E-state index in [2.05, 4.69) is 6.08 Å². The maximum Gasteiger partial charge on any atom is 0.231 e. The van der Waals surface area contributed by atoms with Crippen LogP contribution in [0.4, 0.5) is 0 Å². The minimum absolute atomic E-state index is 0.278. The maximum absolute atomic E-state index is 10.9. The molecule has 2 nitrogen and oxygen atoms in total. The van der Waals surface area contributed by atoms with Gasteiger partial charge in [-0.25, -0.2) is 0 Å². The third-order valence-electron chi connectivity index (χ3n) is 2.22. The van der Waals surface area contributed by atoms with Gasteiger partial charge in [0.25, 0.3) is 0 Å². The minimum Gasteiger partial charge on any atom is -0.315 e. The normalized spacial score (nSPS) is 38.8. The summed E-state index contributed by atoms with van der Waals surface area (Å²) in [6.45, 7) is 2.00. The monoisotopic (exact) mass is 123 g/mol. The molecule has 2 rings (SSSR count). The molecule has 0 N–H and O–H groups in total. The molecule has 48 valence electrons. The number of β-lactam (4-membered cyclic amide) rings is 1. The lowest BCUT2D eigenvalue weighted by Gasteiger charge is -2.39. The van der Waals surface area contributed by atoms with E-state index in [1.807, 2.05) is 18.0 Å². The predicted molar refractivity (Wildman–Crippen MR) is 33.6 cm³/mol. The van der Waals surface area contributed by atoms with Crippen LogP contribution in [0.1, 0.15) is 13.3 Å². The van der Waals surface area contributed by atoms with Crippen LogP contribution in [0, 0.1) is 5.92 Å². The topological polar surface area (TPSA) is 20.3 Å². The van der Waals surface area contributed by atoms with E-state index in [4.69, 9.17) is 0 Å². The maximum atomic E-state index is 10.9. The number of hydrogen-bond acceptors (Lipinski definition) is 1. The van der Waals surface area contributed by atoms with Gasteiger partial charge in [-0.1, -0.05) is 13.0 Å². The smallest absolute Gasteiger partial charge is 0.231 e. The molecule has 2 aliphatic rings. The first kappa shape index (κ1) is 5.03. The van der Waals surface area contributed by atoms with Gasteiger partial charge < -0.3 is 4.90 Å². The van der Waals surface area contributed by atoms with Crippen molar-refractivity contribution < 1.29 is 4.79 Å². The van der Waals surface area contributed by atoms with E-state index in [1.54, 1.807) is 0 Å². The quantitative estimate of drug-likeness (QED) is 0.435. The highest BCUT2D eigenvalue weighted by atomic mass is 16.2. The molecule has 1 unspecified atom stereocenters. The van der Waals surface area contributed by atoms with Gasteiger partial charge in [0.2, 0.25) is 5.91 Å². The van der Waals surface area contributed by atoms with E-state index in [0.717, 1.165) is 6.42 Å². The molecule has 0 saturated carbocycles. The van der Waals surface area contributed by atoms with E-state index in [0.29, 0.717) is 6.04 Å². The molecule has 0 aromatic rings. The largest absolute Gasteiger partial charge is 0.315 e. The molecule has 0 aromatic heterocycles. The minimum atomic E-state index is 0.278. The Morgan fingerprint density at radius 1 is 1.78 bits per heavy atom. The van der Waals surface area contributed by atoms with Crippen molar-refractivity contribution in [3.05, 3.63) is 12.3 Å². The molecule has 1 fully saturated rings. The van der Waals surface area contributed by atoms with Crippen LogP contribution in [-0.2, 0) is 4.79 Å². The van der Waals surface area contributed by atoms with Crippen LogP contribution in [0.3, 0.4) is 0 Å². The molecule has 1 saturated heterocycles. The Balaban J connectivity index is 2.21. The summed E-state index contributed by atoms with van der Waals surface area (Å²) in [5.41, 5.74) is 0. The molecule has 0 aromatic carbocycles. The number of amides is 1. The highest BCUT2D eigenvalue weighted by Crippen LogP contribution is 2.33. The van der Waals surface area contributed by atoms with Gasteiger partial charge in [0.05, 0.1) is 12.0 Å². The first-order chi connectivity index (χ1) is 4.30. The third-order valence-corrected chi connectivity index (χ3v) is 2.22. The first-order valence-corrected chi connectivity index (χ1v) is 3.29. The summed E-state index contributed by atoms with van der Waals surface area (Å²) in [6, 6.07) is 0.512. The molecule has 0 radical (unpaired) electrons. The Morgan fingerprint density at radius 3 is 3.22 bits per heavy atom. The molecule has 1 amide bonds. The molecule has 2 atom stereocenters. The van der Waals surface area contributed by atoms with Crippen LogP contribution >= 0.6 is 0 Å². The van der Waals surface area contributed by atoms with Crippen LogP contribution in [0.5, 0.6) is 0 Å². The summed E-state index contributed by atoms with van der Waals surface area (Å²) in [4.78, 5) is 12.7. The van der Waals surface area contributed by atoms with Crippen LogP contribution in [-0.4, -0.2) is 16.8 Å². The van der Waals surface area contributed by atoms with Gasteiger partial charge in [-0.15, -0.1) is 0 Å². The van der Waals surface area contributed by atoms with Crippen LogP contribution in [0.2, 0.25) is 0 Å². The second kappa shape index (κ2) is 1.38. The average molecular weight is 123 g/mol. The van der Waals surface area contributed by atoms with E-state index in [-0.39, 0.29) is 11.8 Å². The highest BCUT2D eigenvalue weighted by molar-refractivity contribution is 5.87. The second-order valence-electron chi connectivity index (χ2n) is 2.72. The molecule has 9 heavy (non-hydrogen) atoms. The van der Waals surface area contributed by atoms with Gasteiger partial charge in [-0.2, -0.15) is 0 Å². The fraction of sp³-hybridized carbons (Fsp3) is 0.571. The molecule has 0 aliphatic carbocycles. The summed E-state index contributed by atoms with van der Waals surface area (Å²) < 4.78 is 0. The Labute approximate surface area is 54.1 Å². The Kier molecular flexibility index (Phi) is 0.770. The Bertz CT molecular complexity index is 185. The molecule has 0 spiro atoms. The number of carbonyl (C=O) groups is 1. The molecule has 2 heterocycles. The summed E-state index contributed by atoms with van der Waals surface area (Å²) in [6.07, 6.45) is 5.02. The number of carbonyl (C=O) groups excluding carboxylic acids is 1. The van der Waals surface area contributed by atoms with Gasteiger partial charge in [0, 0.05) is 6.20 Å². The van der Waals surface area contributed by atoms with Crippen molar-refractivity contribution in [2.45, 2.75) is 19.4 Å². The summed E-state index contributed by atoms with van der Waals surface area (Å²) in [5, 5.41) is 0. The van der Waals surface area contributed by atoms with Gasteiger partial charge in [0.1, 0.15) is 0 Å². The highest BCUT2D eigenvalue weighted by Gasteiger charge is 2.44. The van der Waals surface area contributed by atoms with Gasteiger partial charge >= 0.3 is 0 Å². The molecule has 2 aliphatic heterocycles. The first-order valence-electron chi connectivity index (χ1n) is 3.29. The Hall–Kier alpha value is -0.790. The Morgan fingerprint density at radius 2 is 2.56 bits per heavy atom. The van der Waals surface area contributed by atoms with Crippen LogP contribution in [0.25, 0.3) is 0 Å². The zero-order valence-electron chi connectivity index (χ0n) is 5.37. The van der Waals surface area contributed by atoms with Crippen molar-refractivity contribution in [1.29, 1.82) is 0 Å². The number of hydrogen-bond donors (Lipinski definition) is 0. The number of rotatable bonds is 0. The number of fused-ring (bicyclic) bond motifs is 1. The van der Waals surface area contributed by atoms with E-state index >= 15 is 0 Å². The van der Waals surface area contributed by atoms with Crippen LogP contribution < -0.4 is 0 Å². The van der Waals surface area contributed by atoms with E-state index in [1.165, 1.54) is 0 Å². The fourth-order valence-electron chi connectivity index (χ4n) is 1.54. The lowest BCUT2D eigenvalue weighted by Crippen LogP contribution is -2.54. The van der Waals surface area contributed by atoms with Crippen molar-refractivity contribution in [2.75, 3.05) is 0 Å². The molecular formula is C7H9NO. The predicted octanol–water partition coefficient (Wildman–Crippen LogP) is 0.751. The SMILES string of the molecule is CC1C(=O)N2C=CC[C@H]12. The second-order valence-corrected chi connectivity index (χ2v) is 2.72. The molecular weight excluding hydrogens is 114 g/mol. The van der Waals surface area contributed by atoms with Crippen molar-refractivity contribution in [2.24, 2.45) is 5.92 Å². The van der Waals surface area contributed by atoms with Gasteiger partial charge in [0.15, 0.2) is 0 Å². The van der Waals surface area contributed by atoms with Crippen molar-refractivity contribution in [3.63, 3.8) is 0 Å². The summed E-state index contributed by atoms with van der Waals surface area (Å²) in [7, 11) is 0. The van der Waals surface area contributed by atoms with Gasteiger partial charge in [-0.05, 0) is 6.42 Å². The zero-order chi connectivity index (χ0) is 6.43. The average Bonchev–Trinajstić information content (AvgIpc) is 2.30. The molecule has 2 heteroatoms. The number of nitrogens with zero attached hydrogens (tertiary/aromatic N) is 1. The zero-order valence-corrected chi connectivity index (χ0v) is 5.37. The van der Waals surface area contributed by atoms with Crippen LogP contribution in [0.15, 0.2) is 12.3 Å². The van der Waals surface area contributed by atoms with Gasteiger partial charge in [-0.3, -0.25) is 4.79 Å². The fourth-order valence-corrected chi connectivity index (χ4v) is 1.54. The van der Waals surface area contributed by atoms with Crippen molar-refractivity contribution in [1.82, 2.24) is 4.90 Å². The van der Waals surface area contributed by atoms with Crippen molar-refractivity contribution in [3.8, 4) is 0 Å².